The minimum atomic E-state index is 0.574. The molecule has 3 aromatic heterocycles. The molecule has 0 atom stereocenters. The molecule has 0 unspecified atom stereocenters. The fraction of sp³-hybridized carbons (Fsp3) is 0. The van der Waals surface area contributed by atoms with Gasteiger partial charge in [0, 0.05) is 44.2 Å². The summed E-state index contributed by atoms with van der Waals surface area (Å²) in [5.41, 5.74) is 16.5. The van der Waals surface area contributed by atoms with Gasteiger partial charge >= 0.3 is 0 Å². The second kappa shape index (κ2) is 18.2. The minimum absolute atomic E-state index is 0.574. The van der Waals surface area contributed by atoms with E-state index in [0.29, 0.717) is 28.7 Å². The van der Waals surface area contributed by atoms with Gasteiger partial charge in [0.2, 0.25) is 0 Å². The second-order valence-corrected chi connectivity index (χ2v) is 17.2. The Hall–Kier alpha value is -10.1. The van der Waals surface area contributed by atoms with Crippen LogP contribution in [-0.4, -0.2) is 24.5 Å². The van der Waals surface area contributed by atoms with Gasteiger partial charge in [-0.25, -0.2) is 29.6 Å². The summed E-state index contributed by atoms with van der Waals surface area (Å²) in [6.45, 7) is 15.6. The van der Waals surface area contributed by atoms with E-state index in [0.717, 1.165) is 100 Å². The van der Waals surface area contributed by atoms with Crippen molar-refractivity contribution < 1.29 is 0 Å². The van der Waals surface area contributed by atoms with Gasteiger partial charge in [-0.15, -0.1) is 0 Å². The van der Waals surface area contributed by atoms with Crippen molar-refractivity contribution in [2.24, 2.45) is 0 Å². The lowest BCUT2D eigenvalue weighted by Gasteiger charge is -2.18. The quantitative estimate of drug-likeness (QED) is 0.135. The first-order chi connectivity index (χ1) is 35.1. The lowest BCUT2D eigenvalue weighted by atomic mass is 10.0. The fourth-order valence-corrected chi connectivity index (χ4v) is 9.37. The van der Waals surface area contributed by atoms with Crippen molar-refractivity contribution in [2.45, 2.75) is 0 Å². The molecule has 12 aromatic rings. The zero-order valence-corrected chi connectivity index (χ0v) is 38.1. The maximum atomic E-state index is 7.79. The van der Waals surface area contributed by atoms with Gasteiger partial charge in [0.25, 0.3) is 0 Å². The molecule has 7 nitrogen and oxygen atoms in total. The number of aromatic nitrogens is 5. The van der Waals surface area contributed by atoms with Gasteiger partial charge in [0.05, 0.1) is 52.6 Å². The lowest BCUT2D eigenvalue weighted by molar-refractivity contribution is 1.14. The SMILES string of the molecule is [C-]#[N+]c1cccc(-c2ccc3c4ccc(-c5cccc([N+]#[C-])c5)cc4n(-c4ccc(-c5nc(-c6ccccc6)cc(-c6ccccc6)n5)cc4-c4cc(-c5ccccc5)nc(-c5ccccc5)n4)c3c2)c1. The van der Waals surface area contributed by atoms with E-state index >= 15 is 0 Å². The summed E-state index contributed by atoms with van der Waals surface area (Å²) in [6, 6.07) is 80.0. The van der Waals surface area contributed by atoms with Crippen LogP contribution in [0.25, 0.3) is 127 Å². The summed E-state index contributed by atoms with van der Waals surface area (Å²) in [5.74, 6) is 1.17. The molecule has 12 rings (SSSR count). The van der Waals surface area contributed by atoms with E-state index in [9.17, 15) is 0 Å². The average Bonchev–Trinajstić information content (AvgIpc) is 3.78. The monoisotopic (exact) mass is 905 g/mol. The molecule has 9 aromatic carbocycles. The molecular weight excluding hydrogens is 867 g/mol. The smallest absolute Gasteiger partial charge is 0.187 e. The molecule has 0 N–H and O–H groups in total. The molecule has 0 saturated carbocycles. The molecule has 0 spiro atoms. The Morgan fingerprint density at radius 3 is 1.14 bits per heavy atom. The maximum absolute atomic E-state index is 7.79. The Bertz CT molecular complexity index is 3830. The molecule has 0 aliphatic rings. The van der Waals surface area contributed by atoms with Crippen molar-refractivity contribution in [1.82, 2.24) is 24.5 Å². The van der Waals surface area contributed by atoms with Gasteiger partial charge in [0.1, 0.15) is 0 Å². The lowest BCUT2D eigenvalue weighted by Crippen LogP contribution is -2.02. The van der Waals surface area contributed by atoms with Crippen LogP contribution in [-0.2, 0) is 0 Å². The van der Waals surface area contributed by atoms with Crippen molar-refractivity contribution in [1.29, 1.82) is 0 Å². The Morgan fingerprint density at radius 2 is 0.676 bits per heavy atom. The van der Waals surface area contributed by atoms with Gasteiger partial charge in [0.15, 0.2) is 23.0 Å². The number of hydrogen-bond acceptors (Lipinski definition) is 4. The van der Waals surface area contributed by atoms with Crippen molar-refractivity contribution in [2.75, 3.05) is 0 Å². The summed E-state index contributed by atoms with van der Waals surface area (Å²) in [7, 11) is 0. The topological polar surface area (TPSA) is 65.2 Å². The Kier molecular flexibility index (Phi) is 10.8. The molecule has 0 amide bonds. The fourth-order valence-electron chi connectivity index (χ4n) is 9.37. The Labute approximate surface area is 411 Å². The highest BCUT2D eigenvalue weighted by Crippen LogP contribution is 2.42. The first-order valence-electron chi connectivity index (χ1n) is 23.3. The molecular formula is C64H39N7. The molecule has 0 saturated heterocycles. The number of benzene rings is 9. The first kappa shape index (κ1) is 42.3. The van der Waals surface area contributed by atoms with Gasteiger partial charge in [-0.3, -0.25) is 0 Å². The van der Waals surface area contributed by atoms with Crippen LogP contribution in [0.3, 0.4) is 0 Å². The van der Waals surface area contributed by atoms with Gasteiger partial charge < -0.3 is 4.57 Å². The van der Waals surface area contributed by atoms with Gasteiger partial charge in [-0.05, 0) is 76.9 Å². The molecule has 0 bridgehead atoms. The van der Waals surface area contributed by atoms with E-state index in [1.807, 2.05) is 121 Å². The van der Waals surface area contributed by atoms with Crippen LogP contribution in [0.4, 0.5) is 11.4 Å². The van der Waals surface area contributed by atoms with E-state index in [1.54, 1.807) is 0 Å². The third-order valence-corrected chi connectivity index (χ3v) is 12.8. The molecule has 330 valence electrons. The zero-order chi connectivity index (χ0) is 47.7. The maximum Gasteiger partial charge on any atom is 0.187 e. The summed E-state index contributed by atoms with van der Waals surface area (Å²) in [5, 5.41) is 2.12. The van der Waals surface area contributed by atoms with Crippen LogP contribution in [0.15, 0.2) is 237 Å². The summed E-state index contributed by atoms with van der Waals surface area (Å²) < 4.78 is 2.33. The normalized spacial score (nSPS) is 11.1. The van der Waals surface area contributed by atoms with E-state index in [1.165, 1.54) is 0 Å². The van der Waals surface area contributed by atoms with Crippen molar-refractivity contribution >= 4 is 33.2 Å². The predicted octanol–water partition coefficient (Wildman–Crippen LogP) is 16.8. The Balaban J connectivity index is 1.18. The van der Waals surface area contributed by atoms with E-state index < -0.39 is 0 Å². The standard InChI is InChI=1S/C64H39N7/c1-65-51-27-15-25-46(35-51)48-29-32-53-54-33-30-49(47-26-16-28-52(36-47)66-2)39-62(54)71(61(53)38-48)60-34-31-50(64-68-56(42-17-7-3-8-18-42)40-57(69-64)43-19-9-4-10-20-43)37-55(60)59-41-58(44-21-11-5-12-22-44)67-63(70-59)45-23-13-6-14-24-45/h3-41H. The molecule has 0 radical (unpaired) electrons. The van der Waals surface area contributed by atoms with Crippen molar-refractivity contribution in [3.63, 3.8) is 0 Å². The van der Waals surface area contributed by atoms with Gasteiger partial charge in [-0.2, -0.15) is 0 Å². The van der Waals surface area contributed by atoms with Crippen LogP contribution in [0.2, 0.25) is 0 Å². The number of rotatable bonds is 9. The number of nitrogens with zero attached hydrogens (tertiary/aromatic N) is 7. The predicted molar refractivity (Wildman–Crippen MR) is 288 cm³/mol. The van der Waals surface area contributed by atoms with Crippen LogP contribution in [0, 0.1) is 13.1 Å². The Morgan fingerprint density at radius 1 is 0.296 bits per heavy atom. The highest BCUT2D eigenvalue weighted by molar-refractivity contribution is 6.12. The largest absolute Gasteiger partial charge is 0.309 e. The molecule has 7 heteroatoms. The molecule has 0 aliphatic heterocycles. The molecule has 71 heavy (non-hydrogen) atoms. The van der Waals surface area contributed by atoms with Gasteiger partial charge in [-0.1, -0.05) is 182 Å². The summed E-state index contributed by atoms with van der Waals surface area (Å²) in [4.78, 5) is 28.7. The van der Waals surface area contributed by atoms with E-state index in [4.69, 9.17) is 33.1 Å². The van der Waals surface area contributed by atoms with Crippen molar-refractivity contribution in [3.05, 3.63) is 259 Å². The van der Waals surface area contributed by atoms with Crippen LogP contribution in [0.1, 0.15) is 0 Å². The van der Waals surface area contributed by atoms with Crippen LogP contribution >= 0.6 is 0 Å². The first-order valence-corrected chi connectivity index (χ1v) is 23.3. The van der Waals surface area contributed by atoms with E-state index in [-0.39, 0.29) is 0 Å². The minimum Gasteiger partial charge on any atom is -0.309 e. The van der Waals surface area contributed by atoms with E-state index in [2.05, 4.69) is 130 Å². The number of fused-ring (bicyclic) bond motifs is 3. The summed E-state index contributed by atoms with van der Waals surface area (Å²) in [6.07, 6.45) is 0. The average molecular weight is 906 g/mol. The van der Waals surface area contributed by atoms with Crippen molar-refractivity contribution in [3.8, 4) is 95.7 Å². The highest BCUT2D eigenvalue weighted by atomic mass is 15.0. The third-order valence-electron chi connectivity index (χ3n) is 12.8. The third kappa shape index (κ3) is 8.16. The summed E-state index contributed by atoms with van der Waals surface area (Å²) >= 11 is 0. The molecule has 0 fully saturated rings. The molecule has 3 heterocycles. The highest BCUT2D eigenvalue weighted by Gasteiger charge is 2.22. The zero-order valence-electron chi connectivity index (χ0n) is 38.1. The van der Waals surface area contributed by atoms with Crippen LogP contribution < -0.4 is 0 Å². The second-order valence-electron chi connectivity index (χ2n) is 17.2. The number of hydrogen-bond donors (Lipinski definition) is 0. The molecule has 0 aliphatic carbocycles. The van der Waals surface area contributed by atoms with Crippen LogP contribution in [0.5, 0.6) is 0 Å².